The van der Waals surface area contributed by atoms with Crippen LogP contribution in [0.25, 0.3) is 0 Å². The lowest BCUT2D eigenvalue weighted by Gasteiger charge is -2.08. The predicted octanol–water partition coefficient (Wildman–Crippen LogP) is 2.94. The normalized spacial score (nSPS) is 10.6. The topological polar surface area (TPSA) is 22.1 Å². The molecule has 0 aliphatic heterocycles. The van der Waals surface area contributed by atoms with Crippen LogP contribution in [-0.4, -0.2) is 12.1 Å². The summed E-state index contributed by atoms with van der Waals surface area (Å²) >= 11 is 1.82. The number of methoxy groups -OCH3 is 1. The van der Waals surface area contributed by atoms with Crippen LogP contribution >= 0.6 is 22.6 Å². The van der Waals surface area contributed by atoms with Crippen LogP contribution in [0.1, 0.15) is 17.8 Å². The summed E-state index contributed by atoms with van der Waals surface area (Å²) in [6.45, 7) is 1.64. The van der Waals surface area contributed by atoms with E-state index in [1.807, 2.05) is 22.6 Å². The molecule has 0 saturated heterocycles. The molecule has 0 aromatic carbocycles. The minimum atomic E-state index is -2.53. The fourth-order valence-corrected chi connectivity index (χ4v) is 1.58. The van der Waals surface area contributed by atoms with Gasteiger partial charge in [-0.25, -0.2) is 13.8 Å². The zero-order valence-corrected chi connectivity index (χ0v) is 9.30. The Bertz CT molecular complexity index is 317. The summed E-state index contributed by atoms with van der Waals surface area (Å²) in [7, 11) is 1.49. The van der Waals surface area contributed by atoms with E-state index in [4.69, 9.17) is 4.74 Å². The second-order valence-corrected chi connectivity index (χ2v) is 3.61. The van der Waals surface area contributed by atoms with Gasteiger partial charge >= 0.3 is 0 Å². The summed E-state index contributed by atoms with van der Waals surface area (Å²) in [6.07, 6.45) is -2.53. The van der Waals surface area contributed by atoms with Crippen LogP contribution < -0.4 is 4.74 Å². The van der Waals surface area contributed by atoms with Gasteiger partial charge in [0.15, 0.2) is 0 Å². The first-order chi connectivity index (χ1) is 6.06. The SMILES string of the molecule is COc1cc(I)c(C(F)F)nc1C. The summed E-state index contributed by atoms with van der Waals surface area (Å²) in [5.41, 5.74) is 0.303. The Morgan fingerprint density at radius 1 is 1.54 bits per heavy atom. The third-order valence-electron chi connectivity index (χ3n) is 1.57. The molecule has 0 N–H and O–H groups in total. The van der Waals surface area contributed by atoms with Crippen LogP contribution in [0.3, 0.4) is 0 Å². The summed E-state index contributed by atoms with van der Waals surface area (Å²) < 4.78 is 30.0. The fourth-order valence-electron chi connectivity index (χ4n) is 0.942. The lowest BCUT2D eigenvalue weighted by molar-refractivity contribution is 0.144. The number of hydrogen-bond donors (Lipinski definition) is 0. The molecule has 2 nitrogen and oxygen atoms in total. The van der Waals surface area contributed by atoms with E-state index < -0.39 is 6.43 Å². The molecule has 1 rings (SSSR count). The van der Waals surface area contributed by atoms with Crippen LogP contribution in [-0.2, 0) is 0 Å². The van der Waals surface area contributed by atoms with Crippen LogP contribution in [0.4, 0.5) is 8.78 Å². The van der Waals surface area contributed by atoms with Crippen molar-refractivity contribution in [3.8, 4) is 5.75 Å². The van der Waals surface area contributed by atoms with Crippen molar-refractivity contribution in [3.63, 3.8) is 0 Å². The third-order valence-corrected chi connectivity index (χ3v) is 2.44. The van der Waals surface area contributed by atoms with Crippen molar-refractivity contribution >= 4 is 22.6 Å². The van der Waals surface area contributed by atoms with Crippen molar-refractivity contribution in [1.82, 2.24) is 4.98 Å². The molecule has 5 heteroatoms. The number of nitrogens with zero attached hydrogens (tertiary/aromatic N) is 1. The highest BCUT2D eigenvalue weighted by Gasteiger charge is 2.15. The van der Waals surface area contributed by atoms with Gasteiger partial charge in [0.05, 0.1) is 12.8 Å². The zero-order chi connectivity index (χ0) is 10.0. The number of hydrogen-bond acceptors (Lipinski definition) is 2. The van der Waals surface area contributed by atoms with E-state index >= 15 is 0 Å². The van der Waals surface area contributed by atoms with E-state index in [0.717, 1.165) is 0 Å². The molecule has 72 valence electrons. The molecule has 1 aromatic rings. The highest BCUT2D eigenvalue weighted by atomic mass is 127. The van der Waals surface area contributed by atoms with Gasteiger partial charge < -0.3 is 4.74 Å². The van der Waals surface area contributed by atoms with Gasteiger partial charge in [-0.3, -0.25) is 0 Å². The van der Waals surface area contributed by atoms with Gasteiger partial charge in [-0.05, 0) is 35.6 Å². The second-order valence-electron chi connectivity index (χ2n) is 2.44. The minimum Gasteiger partial charge on any atom is -0.495 e. The molecule has 0 fully saturated rings. The molecular weight excluding hydrogens is 291 g/mol. The first-order valence-corrected chi connectivity index (χ1v) is 4.63. The Kier molecular flexibility index (Phi) is 3.40. The van der Waals surface area contributed by atoms with E-state index in [0.29, 0.717) is 15.0 Å². The van der Waals surface area contributed by atoms with Gasteiger partial charge in [0.2, 0.25) is 0 Å². The van der Waals surface area contributed by atoms with Gasteiger partial charge in [0, 0.05) is 3.57 Å². The Morgan fingerprint density at radius 3 is 2.62 bits per heavy atom. The van der Waals surface area contributed by atoms with Crippen molar-refractivity contribution in [1.29, 1.82) is 0 Å². The zero-order valence-electron chi connectivity index (χ0n) is 7.14. The highest BCUT2D eigenvalue weighted by molar-refractivity contribution is 14.1. The predicted molar refractivity (Wildman–Crippen MR) is 53.2 cm³/mol. The van der Waals surface area contributed by atoms with E-state index in [-0.39, 0.29) is 5.69 Å². The molecular formula is C8H8F2INO. The quantitative estimate of drug-likeness (QED) is 0.783. The Balaban J connectivity index is 3.20. The monoisotopic (exact) mass is 299 g/mol. The number of aryl methyl sites for hydroxylation is 1. The van der Waals surface area contributed by atoms with Gasteiger partial charge in [0.1, 0.15) is 11.4 Å². The Morgan fingerprint density at radius 2 is 2.15 bits per heavy atom. The summed E-state index contributed by atoms with van der Waals surface area (Å²) in [6, 6.07) is 1.56. The van der Waals surface area contributed by atoms with Crippen LogP contribution in [0.5, 0.6) is 5.75 Å². The summed E-state index contributed by atoms with van der Waals surface area (Å²) in [4.78, 5) is 3.76. The van der Waals surface area contributed by atoms with E-state index in [2.05, 4.69) is 4.98 Å². The molecule has 0 bridgehead atoms. The van der Waals surface area contributed by atoms with Gasteiger partial charge in [-0.1, -0.05) is 0 Å². The molecule has 0 amide bonds. The molecule has 0 unspecified atom stereocenters. The number of halogens is 3. The lowest BCUT2D eigenvalue weighted by Crippen LogP contribution is -1.99. The molecule has 0 spiro atoms. The lowest BCUT2D eigenvalue weighted by atomic mass is 10.3. The van der Waals surface area contributed by atoms with Crippen molar-refractivity contribution in [2.75, 3.05) is 7.11 Å². The molecule has 1 heterocycles. The molecule has 0 aliphatic carbocycles. The minimum absolute atomic E-state index is 0.182. The maximum Gasteiger partial charge on any atom is 0.281 e. The third kappa shape index (κ3) is 2.26. The first kappa shape index (κ1) is 10.6. The Hall–Kier alpha value is -0.460. The van der Waals surface area contributed by atoms with Gasteiger partial charge in [-0.2, -0.15) is 0 Å². The highest BCUT2D eigenvalue weighted by Crippen LogP contribution is 2.27. The molecule has 0 radical (unpaired) electrons. The number of pyridine rings is 1. The van der Waals surface area contributed by atoms with Crippen molar-refractivity contribution in [2.24, 2.45) is 0 Å². The molecule has 1 aromatic heterocycles. The largest absolute Gasteiger partial charge is 0.495 e. The van der Waals surface area contributed by atoms with Crippen LogP contribution in [0.2, 0.25) is 0 Å². The summed E-state index contributed by atoms with van der Waals surface area (Å²) in [5, 5.41) is 0. The van der Waals surface area contributed by atoms with Gasteiger partial charge in [0.25, 0.3) is 6.43 Å². The second kappa shape index (κ2) is 4.17. The average Bonchev–Trinajstić information content (AvgIpc) is 2.07. The van der Waals surface area contributed by atoms with Crippen molar-refractivity contribution in [2.45, 2.75) is 13.3 Å². The standard InChI is InChI=1S/C8H8F2INO/c1-4-6(13-2)3-5(11)7(12-4)8(9)10/h3,8H,1-2H3. The number of ether oxygens (including phenoxy) is 1. The fraction of sp³-hybridized carbons (Fsp3) is 0.375. The van der Waals surface area contributed by atoms with E-state index in [1.54, 1.807) is 13.0 Å². The van der Waals surface area contributed by atoms with Gasteiger partial charge in [-0.15, -0.1) is 0 Å². The smallest absolute Gasteiger partial charge is 0.281 e. The molecule has 0 atom stereocenters. The van der Waals surface area contributed by atoms with Crippen LogP contribution in [0, 0.1) is 10.5 Å². The van der Waals surface area contributed by atoms with Crippen molar-refractivity contribution < 1.29 is 13.5 Å². The maximum absolute atomic E-state index is 12.3. The number of aromatic nitrogens is 1. The average molecular weight is 299 g/mol. The van der Waals surface area contributed by atoms with Crippen LogP contribution in [0.15, 0.2) is 6.07 Å². The summed E-state index contributed by atoms with van der Waals surface area (Å²) in [5.74, 6) is 0.536. The number of alkyl halides is 2. The molecule has 0 saturated carbocycles. The molecule has 13 heavy (non-hydrogen) atoms. The van der Waals surface area contributed by atoms with E-state index in [9.17, 15) is 8.78 Å². The number of rotatable bonds is 2. The van der Waals surface area contributed by atoms with E-state index in [1.165, 1.54) is 7.11 Å². The first-order valence-electron chi connectivity index (χ1n) is 3.55. The van der Waals surface area contributed by atoms with Crippen molar-refractivity contribution in [3.05, 3.63) is 21.0 Å². The maximum atomic E-state index is 12.3. The Labute approximate surface area is 88.5 Å². The molecule has 0 aliphatic rings.